The van der Waals surface area contributed by atoms with Gasteiger partial charge in [0.1, 0.15) is 0 Å². The third-order valence-corrected chi connectivity index (χ3v) is 1.98. The first-order valence-corrected chi connectivity index (χ1v) is 3.56. The van der Waals surface area contributed by atoms with Gasteiger partial charge in [-0.05, 0) is 13.8 Å². The maximum Gasteiger partial charge on any atom is 0.203 e. The van der Waals surface area contributed by atoms with E-state index in [1.807, 2.05) is 13.8 Å². The Balaban J connectivity index is 3.83. The Kier molecular flexibility index (Phi) is 3.01. The predicted molar refractivity (Wildman–Crippen MR) is 33.2 cm³/mol. The summed E-state index contributed by atoms with van der Waals surface area (Å²) in [6.45, 7) is 3.65. The van der Waals surface area contributed by atoms with E-state index in [4.69, 9.17) is 0 Å². The standard InChI is InChI=1S/C4H11NO2S/c1-4(2)5(3)8(6)7/h4,8H,1-3H3. The quantitative estimate of drug-likeness (QED) is 0.537. The zero-order valence-corrected chi connectivity index (χ0v) is 6.18. The summed E-state index contributed by atoms with van der Waals surface area (Å²) in [6, 6.07) is 0.0797. The second-order valence-corrected chi connectivity index (χ2v) is 3.01. The molecule has 0 radical (unpaired) electrons. The fraction of sp³-hybridized carbons (Fsp3) is 1.00. The van der Waals surface area contributed by atoms with Crippen LogP contribution in [0.25, 0.3) is 0 Å². The molecule has 0 aliphatic carbocycles. The number of rotatable bonds is 2. The molecule has 0 aromatic rings. The average molecular weight is 137 g/mol. The summed E-state index contributed by atoms with van der Waals surface area (Å²) in [6.07, 6.45) is 0. The first-order chi connectivity index (χ1) is 3.55. The molecule has 0 saturated heterocycles. The average Bonchev–Trinajstić information content (AvgIpc) is 1.64. The Morgan fingerprint density at radius 1 is 1.38 bits per heavy atom. The Hall–Kier alpha value is -0.0900. The molecule has 0 heterocycles. The molecule has 8 heavy (non-hydrogen) atoms. The topological polar surface area (TPSA) is 37.4 Å². The van der Waals surface area contributed by atoms with Gasteiger partial charge in [-0.1, -0.05) is 0 Å². The molecule has 0 bridgehead atoms. The van der Waals surface area contributed by atoms with Crippen LogP contribution in [0.2, 0.25) is 0 Å². The molecule has 0 rings (SSSR count). The van der Waals surface area contributed by atoms with Gasteiger partial charge in [0.15, 0.2) is 0 Å². The highest BCUT2D eigenvalue weighted by molar-refractivity contribution is 7.69. The second kappa shape index (κ2) is 3.04. The first-order valence-electron chi connectivity index (χ1n) is 2.43. The Labute approximate surface area is 51.4 Å². The highest BCUT2D eigenvalue weighted by Crippen LogP contribution is 1.90. The van der Waals surface area contributed by atoms with Gasteiger partial charge in [0, 0.05) is 13.1 Å². The van der Waals surface area contributed by atoms with E-state index in [-0.39, 0.29) is 6.04 Å². The molecular weight excluding hydrogens is 126 g/mol. The minimum atomic E-state index is -2.37. The van der Waals surface area contributed by atoms with Gasteiger partial charge in [-0.15, -0.1) is 0 Å². The second-order valence-electron chi connectivity index (χ2n) is 1.91. The highest BCUT2D eigenvalue weighted by Gasteiger charge is 2.01. The van der Waals surface area contributed by atoms with Crippen molar-refractivity contribution in [3.05, 3.63) is 0 Å². The molecule has 0 aromatic carbocycles. The lowest BCUT2D eigenvalue weighted by atomic mass is 10.4. The lowest BCUT2D eigenvalue weighted by Gasteiger charge is -2.11. The molecular formula is C4H11NO2S. The summed E-state index contributed by atoms with van der Waals surface area (Å²) in [7, 11) is -0.816. The van der Waals surface area contributed by atoms with Gasteiger partial charge in [-0.2, -0.15) is 0 Å². The largest absolute Gasteiger partial charge is 0.215 e. The lowest BCUT2D eigenvalue weighted by Crippen LogP contribution is -2.23. The maximum absolute atomic E-state index is 10.1. The molecule has 0 aliphatic rings. The fourth-order valence-corrected chi connectivity index (χ4v) is 0.566. The predicted octanol–water partition coefficient (Wildman–Crippen LogP) is -0.147. The molecule has 0 unspecified atom stereocenters. The summed E-state index contributed by atoms with van der Waals surface area (Å²) < 4.78 is 21.5. The van der Waals surface area contributed by atoms with E-state index < -0.39 is 10.9 Å². The van der Waals surface area contributed by atoms with E-state index in [0.29, 0.717) is 0 Å². The Bertz CT molecular complexity index is 122. The van der Waals surface area contributed by atoms with Crippen molar-refractivity contribution in [2.24, 2.45) is 0 Å². The van der Waals surface area contributed by atoms with Gasteiger partial charge in [-0.25, -0.2) is 12.7 Å². The van der Waals surface area contributed by atoms with Crippen molar-refractivity contribution in [1.29, 1.82) is 0 Å². The van der Waals surface area contributed by atoms with Gasteiger partial charge in [-0.3, -0.25) is 0 Å². The van der Waals surface area contributed by atoms with Crippen molar-refractivity contribution >= 4 is 10.9 Å². The summed E-state index contributed by atoms with van der Waals surface area (Å²) in [4.78, 5) is 0. The summed E-state index contributed by atoms with van der Waals surface area (Å²) in [5, 5.41) is 0. The SMILES string of the molecule is CC(C)N(C)[SH](=O)=O. The van der Waals surface area contributed by atoms with Crippen LogP contribution in [0.1, 0.15) is 13.8 Å². The molecule has 0 spiro atoms. The fourth-order valence-electron chi connectivity index (χ4n) is 0.189. The zero-order valence-electron chi connectivity index (χ0n) is 5.29. The number of hydrogen-bond donors (Lipinski definition) is 1. The summed E-state index contributed by atoms with van der Waals surface area (Å²) in [5.74, 6) is 0. The Morgan fingerprint density at radius 3 is 1.75 bits per heavy atom. The monoisotopic (exact) mass is 137 g/mol. The van der Waals surface area contributed by atoms with E-state index >= 15 is 0 Å². The number of hydrogen-bond acceptors (Lipinski definition) is 2. The van der Waals surface area contributed by atoms with Crippen molar-refractivity contribution in [3.63, 3.8) is 0 Å². The summed E-state index contributed by atoms with van der Waals surface area (Å²) >= 11 is 0. The van der Waals surface area contributed by atoms with Crippen LogP contribution in [0.4, 0.5) is 0 Å². The van der Waals surface area contributed by atoms with E-state index in [9.17, 15) is 8.42 Å². The highest BCUT2D eigenvalue weighted by atomic mass is 32.2. The van der Waals surface area contributed by atoms with Crippen LogP contribution >= 0.6 is 0 Å². The first kappa shape index (κ1) is 7.91. The van der Waals surface area contributed by atoms with Crippen LogP contribution in [-0.4, -0.2) is 25.8 Å². The minimum Gasteiger partial charge on any atom is -0.215 e. The molecule has 50 valence electrons. The van der Waals surface area contributed by atoms with Gasteiger partial charge in [0.05, 0.1) is 0 Å². The van der Waals surface area contributed by atoms with E-state index in [1.54, 1.807) is 7.05 Å². The molecule has 0 N–H and O–H groups in total. The van der Waals surface area contributed by atoms with E-state index in [1.165, 1.54) is 4.31 Å². The van der Waals surface area contributed by atoms with Crippen molar-refractivity contribution in [1.82, 2.24) is 4.31 Å². The van der Waals surface area contributed by atoms with Crippen molar-refractivity contribution in [2.75, 3.05) is 7.05 Å². The van der Waals surface area contributed by atoms with Gasteiger partial charge in [0.2, 0.25) is 10.9 Å². The van der Waals surface area contributed by atoms with Gasteiger partial charge in [0.25, 0.3) is 0 Å². The molecule has 0 aliphatic heterocycles. The van der Waals surface area contributed by atoms with Crippen molar-refractivity contribution < 1.29 is 8.42 Å². The van der Waals surface area contributed by atoms with Gasteiger partial charge < -0.3 is 0 Å². The molecule has 4 heteroatoms. The van der Waals surface area contributed by atoms with Crippen LogP contribution in [0.3, 0.4) is 0 Å². The van der Waals surface area contributed by atoms with Crippen LogP contribution in [0.15, 0.2) is 0 Å². The maximum atomic E-state index is 10.1. The van der Waals surface area contributed by atoms with Crippen LogP contribution < -0.4 is 0 Å². The summed E-state index contributed by atoms with van der Waals surface area (Å²) in [5.41, 5.74) is 0. The molecule has 0 amide bonds. The molecule has 0 fully saturated rings. The molecule has 3 nitrogen and oxygen atoms in total. The molecule has 0 aromatic heterocycles. The number of nitrogens with zero attached hydrogens (tertiary/aromatic N) is 1. The third-order valence-electron chi connectivity index (χ3n) is 1.00. The van der Waals surface area contributed by atoms with Gasteiger partial charge >= 0.3 is 0 Å². The Morgan fingerprint density at radius 2 is 1.75 bits per heavy atom. The normalized spacial score (nSPS) is 11.8. The van der Waals surface area contributed by atoms with Crippen LogP contribution in [-0.2, 0) is 10.9 Å². The number of thiol groups is 1. The van der Waals surface area contributed by atoms with E-state index in [0.717, 1.165) is 0 Å². The van der Waals surface area contributed by atoms with Crippen LogP contribution in [0.5, 0.6) is 0 Å². The van der Waals surface area contributed by atoms with E-state index in [2.05, 4.69) is 0 Å². The molecule has 0 saturated carbocycles. The zero-order chi connectivity index (χ0) is 6.73. The smallest absolute Gasteiger partial charge is 0.203 e. The lowest BCUT2D eigenvalue weighted by molar-refractivity contribution is 0.425. The van der Waals surface area contributed by atoms with Crippen molar-refractivity contribution in [2.45, 2.75) is 19.9 Å². The van der Waals surface area contributed by atoms with Crippen molar-refractivity contribution in [3.8, 4) is 0 Å². The van der Waals surface area contributed by atoms with Crippen LogP contribution in [0, 0.1) is 0 Å². The molecule has 0 atom stereocenters. The minimum absolute atomic E-state index is 0.0797. The third kappa shape index (κ3) is 2.28.